The Kier molecular flexibility index (Phi) is 6.56. The Hall–Kier alpha value is -3.33. The van der Waals surface area contributed by atoms with E-state index < -0.39 is 29.1 Å². The van der Waals surface area contributed by atoms with Crippen LogP contribution in [-0.2, 0) is 9.53 Å². The van der Waals surface area contributed by atoms with Gasteiger partial charge in [0, 0.05) is 16.8 Å². The van der Waals surface area contributed by atoms with Crippen molar-refractivity contribution < 1.29 is 28.7 Å². The molecule has 0 heterocycles. The van der Waals surface area contributed by atoms with E-state index in [2.05, 4.69) is 5.32 Å². The molecule has 2 aromatic carbocycles. The maximum atomic E-state index is 12.2. The fourth-order valence-electron chi connectivity index (χ4n) is 2.12. The van der Waals surface area contributed by atoms with Gasteiger partial charge in [-0.25, -0.2) is 4.79 Å². The zero-order valence-electron chi connectivity index (χ0n) is 14.4. The van der Waals surface area contributed by atoms with Crippen molar-refractivity contribution in [2.75, 3.05) is 26.1 Å². The van der Waals surface area contributed by atoms with Gasteiger partial charge in [-0.05, 0) is 24.3 Å². The van der Waals surface area contributed by atoms with Gasteiger partial charge in [0.2, 0.25) is 0 Å². The van der Waals surface area contributed by atoms with Gasteiger partial charge in [-0.3, -0.25) is 14.9 Å². The summed E-state index contributed by atoms with van der Waals surface area (Å²) in [5, 5.41) is 14.2. The highest BCUT2D eigenvalue weighted by Crippen LogP contribution is 2.34. The maximum Gasteiger partial charge on any atom is 0.345 e. The average Bonchev–Trinajstić information content (AvgIpc) is 2.66. The summed E-state index contributed by atoms with van der Waals surface area (Å²) >= 11 is 5.75. The molecule has 10 heteroatoms. The van der Waals surface area contributed by atoms with Gasteiger partial charge >= 0.3 is 5.97 Å². The molecule has 0 aromatic heterocycles. The molecule has 1 N–H and O–H groups in total. The second-order valence-electron chi connectivity index (χ2n) is 5.11. The Morgan fingerprint density at radius 3 is 2.26 bits per heavy atom. The molecule has 1 amide bonds. The first kappa shape index (κ1) is 20.0. The Labute approximate surface area is 158 Å². The zero-order valence-corrected chi connectivity index (χ0v) is 15.1. The van der Waals surface area contributed by atoms with Gasteiger partial charge in [-0.1, -0.05) is 11.6 Å². The Morgan fingerprint density at radius 1 is 1.11 bits per heavy atom. The lowest BCUT2D eigenvalue weighted by molar-refractivity contribution is -0.385. The molecular formula is C17H15ClN2O7. The second kappa shape index (κ2) is 8.86. The van der Waals surface area contributed by atoms with E-state index in [-0.39, 0.29) is 17.1 Å². The van der Waals surface area contributed by atoms with Crippen molar-refractivity contribution in [3.63, 3.8) is 0 Å². The number of hydrogen-bond donors (Lipinski definition) is 1. The van der Waals surface area contributed by atoms with Crippen LogP contribution in [-0.4, -0.2) is 37.6 Å². The molecule has 0 spiro atoms. The summed E-state index contributed by atoms with van der Waals surface area (Å²) in [6.45, 7) is -0.632. The summed E-state index contributed by atoms with van der Waals surface area (Å²) in [5.74, 6) is -1.47. The van der Waals surface area contributed by atoms with Crippen molar-refractivity contribution >= 4 is 34.9 Å². The molecule has 142 valence electrons. The van der Waals surface area contributed by atoms with Crippen LogP contribution in [0.3, 0.4) is 0 Å². The van der Waals surface area contributed by atoms with Gasteiger partial charge in [0.05, 0.1) is 25.2 Å². The van der Waals surface area contributed by atoms with Gasteiger partial charge in [0.1, 0.15) is 5.56 Å². The monoisotopic (exact) mass is 394 g/mol. The minimum atomic E-state index is -1.05. The quantitative estimate of drug-likeness (QED) is 0.435. The lowest BCUT2D eigenvalue weighted by atomic mass is 10.1. The number of nitro benzene ring substituents is 1. The number of nitro groups is 1. The summed E-state index contributed by atoms with van der Waals surface area (Å²) in [6, 6.07) is 8.47. The Balaban J connectivity index is 2.11. The first-order valence-electron chi connectivity index (χ1n) is 7.48. The fourth-order valence-corrected chi connectivity index (χ4v) is 2.25. The third-order valence-electron chi connectivity index (χ3n) is 3.38. The van der Waals surface area contributed by atoms with E-state index in [1.54, 1.807) is 24.3 Å². The minimum absolute atomic E-state index is 0.0845. The second-order valence-corrected chi connectivity index (χ2v) is 5.55. The summed E-state index contributed by atoms with van der Waals surface area (Å²) in [6.07, 6.45) is 0. The number of halogens is 1. The van der Waals surface area contributed by atoms with E-state index in [4.69, 9.17) is 25.8 Å². The van der Waals surface area contributed by atoms with Crippen molar-refractivity contribution in [2.45, 2.75) is 0 Å². The van der Waals surface area contributed by atoms with Crippen LogP contribution < -0.4 is 14.8 Å². The molecule has 9 nitrogen and oxygen atoms in total. The van der Waals surface area contributed by atoms with E-state index >= 15 is 0 Å². The van der Waals surface area contributed by atoms with Gasteiger partial charge in [0.25, 0.3) is 11.6 Å². The number of carbonyl (C=O) groups excluding carboxylic acids is 2. The Bertz CT molecular complexity index is 868. The number of ether oxygens (including phenoxy) is 3. The highest BCUT2D eigenvalue weighted by atomic mass is 35.5. The van der Waals surface area contributed by atoms with E-state index in [1.807, 2.05) is 0 Å². The lowest BCUT2D eigenvalue weighted by Crippen LogP contribution is -2.21. The van der Waals surface area contributed by atoms with E-state index in [0.29, 0.717) is 10.7 Å². The number of carbonyl (C=O) groups is 2. The van der Waals surface area contributed by atoms with Crippen molar-refractivity contribution in [3.8, 4) is 11.5 Å². The van der Waals surface area contributed by atoms with Crippen LogP contribution in [0.2, 0.25) is 5.02 Å². The minimum Gasteiger partial charge on any atom is -0.493 e. The molecular weight excluding hydrogens is 380 g/mol. The van der Waals surface area contributed by atoms with Crippen molar-refractivity contribution in [3.05, 3.63) is 57.1 Å². The molecule has 0 saturated heterocycles. The number of amides is 1. The standard InChI is InChI=1S/C17H15ClN2O7/c1-25-14-7-12(13(20(23)24)8-15(14)26-2)17(22)27-9-16(21)19-11-5-3-10(18)4-6-11/h3-8H,9H2,1-2H3,(H,19,21). The number of methoxy groups -OCH3 is 2. The topological polar surface area (TPSA) is 117 Å². The third kappa shape index (κ3) is 5.08. The maximum absolute atomic E-state index is 12.2. The van der Waals surface area contributed by atoms with Crippen molar-refractivity contribution in [2.24, 2.45) is 0 Å². The summed E-state index contributed by atoms with van der Waals surface area (Å²) in [4.78, 5) is 34.5. The first-order chi connectivity index (χ1) is 12.8. The summed E-state index contributed by atoms with van der Waals surface area (Å²) < 4.78 is 14.9. The summed E-state index contributed by atoms with van der Waals surface area (Å²) in [5.41, 5.74) is -0.440. The first-order valence-corrected chi connectivity index (χ1v) is 7.86. The molecule has 0 aliphatic rings. The van der Waals surface area contributed by atoms with Crippen LogP contribution in [0, 0.1) is 10.1 Å². The number of nitrogens with zero attached hydrogens (tertiary/aromatic N) is 1. The van der Waals surface area contributed by atoms with Gasteiger partial charge in [-0.15, -0.1) is 0 Å². The average molecular weight is 395 g/mol. The van der Waals surface area contributed by atoms with Crippen LogP contribution in [0.25, 0.3) is 0 Å². The number of rotatable bonds is 7. The van der Waals surface area contributed by atoms with Gasteiger partial charge in [0.15, 0.2) is 18.1 Å². The molecule has 0 bridgehead atoms. The molecule has 0 aliphatic heterocycles. The van der Waals surface area contributed by atoms with Crippen LogP contribution in [0.15, 0.2) is 36.4 Å². The fraction of sp³-hybridized carbons (Fsp3) is 0.176. The zero-order chi connectivity index (χ0) is 20.0. The highest BCUT2D eigenvalue weighted by Gasteiger charge is 2.26. The van der Waals surface area contributed by atoms with Crippen molar-refractivity contribution in [1.82, 2.24) is 0 Å². The molecule has 0 radical (unpaired) electrons. The van der Waals surface area contributed by atoms with Crippen LogP contribution in [0.1, 0.15) is 10.4 Å². The number of hydrogen-bond acceptors (Lipinski definition) is 7. The largest absolute Gasteiger partial charge is 0.493 e. The molecule has 0 aliphatic carbocycles. The smallest absolute Gasteiger partial charge is 0.345 e. The number of anilines is 1. The lowest BCUT2D eigenvalue weighted by Gasteiger charge is -2.10. The van der Waals surface area contributed by atoms with Crippen molar-refractivity contribution in [1.29, 1.82) is 0 Å². The predicted molar refractivity (Wildman–Crippen MR) is 96.6 cm³/mol. The number of benzene rings is 2. The number of esters is 1. The van der Waals surface area contributed by atoms with E-state index in [0.717, 1.165) is 12.1 Å². The normalized spacial score (nSPS) is 10.0. The van der Waals surface area contributed by atoms with E-state index in [9.17, 15) is 19.7 Å². The summed E-state index contributed by atoms with van der Waals surface area (Å²) in [7, 11) is 2.62. The molecule has 2 aromatic rings. The SMILES string of the molecule is COc1cc(C(=O)OCC(=O)Nc2ccc(Cl)cc2)c([N+](=O)[O-])cc1OC. The van der Waals surface area contributed by atoms with Crippen LogP contribution >= 0.6 is 11.6 Å². The number of nitrogens with one attached hydrogen (secondary N) is 1. The van der Waals surface area contributed by atoms with Gasteiger partial charge in [-0.2, -0.15) is 0 Å². The molecule has 0 fully saturated rings. The highest BCUT2D eigenvalue weighted by molar-refractivity contribution is 6.30. The predicted octanol–water partition coefficient (Wildman–Crippen LogP) is 3.06. The third-order valence-corrected chi connectivity index (χ3v) is 3.63. The van der Waals surface area contributed by atoms with Crippen LogP contribution in [0.4, 0.5) is 11.4 Å². The molecule has 0 atom stereocenters. The molecule has 27 heavy (non-hydrogen) atoms. The molecule has 2 rings (SSSR count). The Morgan fingerprint density at radius 2 is 1.70 bits per heavy atom. The molecule has 0 saturated carbocycles. The van der Waals surface area contributed by atoms with Crippen LogP contribution in [0.5, 0.6) is 11.5 Å². The van der Waals surface area contributed by atoms with E-state index in [1.165, 1.54) is 14.2 Å². The van der Waals surface area contributed by atoms with Gasteiger partial charge < -0.3 is 19.5 Å². The molecule has 0 unspecified atom stereocenters.